The maximum atomic E-state index is 13.5. The summed E-state index contributed by atoms with van der Waals surface area (Å²) in [5, 5.41) is 12.3. The first kappa shape index (κ1) is 22.9. The van der Waals surface area contributed by atoms with Gasteiger partial charge in [0.15, 0.2) is 5.16 Å². The molecule has 3 unspecified atom stereocenters. The maximum Gasteiger partial charge on any atom is 0.254 e. The molecule has 2 aliphatic rings. The molecule has 1 aliphatic heterocycles. The molecule has 2 heterocycles. The molecule has 9 heteroatoms. The van der Waals surface area contributed by atoms with Crippen molar-refractivity contribution in [1.82, 2.24) is 19.7 Å². The minimum atomic E-state index is -0.493. The minimum Gasteiger partial charge on any atom is -0.324 e. The molecule has 1 saturated carbocycles. The molecule has 2 aromatic carbocycles. The second-order valence-corrected chi connectivity index (χ2v) is 10.4. The largest absolute Gasteiger partial charge is 0.324 e. The predicted molar refractivity (Wildman–Crippen MR) is 132 cm³/mol. The van der Waals surface area contributed by atoms with E-state index in [1.54, 1.807) is 30.6 Å². The van der Waals surface area contributed by atoms with Crippen LogP contribution in [0.4, 0.5) is 5.69 Å². The van der Waals surface area contributed by atoms with Gasteiger partial charge < -0.3 is 14.8 Å². The molecule has 2 amide bonds. The summed E-state index contributed by atoms with van der Waals surface area (Å²) in [5.41, 5.74) is 1.24. The first-order chi connectivity index (χ1) is 16.5. The van der Waals surface area contributed by atoms with Crippen LogP contribution in [-0.4, -0.2) is 43.6 Å². The van der Waals surface area contributed by atoms with E-state index in [0.717, 1.165) is 35.7 Å². The van der Waals surface area contributed by atoms with Gasteiger partial charge in [-0.15, -0.1) is 10.2 Å². The Bertz CT molecular complexity index is 1200. The summed E-state index contributed by atoms with van der Waals surface area (Å²) in [4.78, 5) is 29.7. The summed E-state index contributed by atoms with van der Waals surface area (Å²) in [6.45, 7) is 0. The highest BCUT2D eigenvalue weighted by molar-refractivity contribution is 7.99. The number of hydrogen-bond acceptors (Lipinski definition) is 5. The minimum absolute atomic E-state index is 0.0983. The second kappa shape index (κ2) is 9.80. The van der Waals surface area contributed by atoms with Crippen molar-refractivity contribution in [3.63, 3.8) is 0 Å². The number of fused-ring (bicyclic) bond motifs is 1. The SMILES string of the molecule is Cn1cnnc1Sc1ccc(NC(=O)C2CC3CCCCC3N2C(=O)c2cccc(Cl)c2)cc1. The molecular weight excluding hydrogens is 470 g/mol. The average molecular weight is 496 g/mol. The third kappa shape index (κ3) is 4.70. The predicted octanol–water partition coefficient (Wildman–Crippen LogP) is 5.03. The zero-order valence-electron chi connectivity index (χ0n) is 18.9. The fraction of sp³-hybridized carbons (Fsp3) is 0.360. The van der Waals surface area contributed by atoms with E-state index >= 15 is 0 Å². The van der Waals surface area contributed by atoms with Gasteiger partial charge in [-0.25, -0.2) is 0 Å². The van der Waals surface area contributed by atoms with Gasteiger partial charge in [0.25, 0.3) is 5.91 Å². The van der Waals surface area contributed by atoms with E-state index < -0.39 is 6.04 Å². The highest BCUT2D eigenvalue weighted by Crippen LogP contribution is 2.41. The van der Waals surface area contributed by atoms with Gasteiger partial charge in [-0.3, -0.25) is 9.59 Å². The number of amides is 2. The average Bonchev–Trinajstić information content (AvgIpc) is 3.43. The van der Waals surface area contributed by atoms with Crippen LogP contribution >= 0.6 is 23.4 Å². The molecule has 0 spiro atoms. The molecule has 0 bridgehead atoms. The Balaban J connectivity index is 1.33. The van der Waals surface area contributed by atoms with E-state index in [1.807, 2.05) is 40.8 Å². The Morgan fingerprint density at radius 3 is 2.65 bits per heavy atom. The monoisotopic (exact) mass is 495 g/mol. The number of anilines is 1. The lowest BCUT2D eigenvalue weighted by atomic mass is 9.84. The Morgan fingerprint density at radius 2 is 1.91 bits per heavy atom. The van der Waals surface area contributed by atoms with Crippen molar-refractivity contribution >= 4 is 40.9 Å². The van der Waals surface area contributed by atoms with Crippen LogP contribution in [0, 0.1) is 5.92 Å². The number of rotatable bonds is 5. The van der Waals surface area contributed by atoms with Crippen molar-refractivity contribution in [2.45, 2.75) is 54.2 Å². The summed E-state index contributed by atoms with van der Waals surface area (Å²) in [6, 6.07) is 14.2. The zero-order valence-corrected chi connectivity index (χ0v) is 20.4. The first-order valence-corrected chi connectivity index (χ1v) is 12.7. The number of likely N-dealkylation sites (tertiary alicyclic amines) is 1. The second-order valence-electron chi connectivity index (χ2n) is 8.93. The Morgan fingerprint density at radius 1 is 1.12 bits per heavy atom. The fourth-order valence-electron chi connectivity index (χ4n) is 5.06. The van der Waals surface area contributed by atoms with Crippen molar-refractivity contribution in [2.75, 3.05) is 5.32 Å². The first-order valence-electron chi connectivity index (χ1n) is 11.5. The van der Waals surface area contributed by atoms with E-state index in [1.165, 1.54) is 11.8 Å². The topological polar surface area (TPSA) is 80.1 Å². The molecule has 176 valence electrons. The lowest BCUT2D eigenvalue weighted by Gasteiger charge is -2.33. The molecule has 1 N–H and O–H groups in total. The van der Waals surface area contributed by atoms with Gasteiger partial charge in [-0.1, -0.05) is 30.5 Å². The van der Waals surface area contributed by atoms with Crippen molar-refractivity contribution in [1.29, 1.82) is 0 Å². The number of carbonyl (C=O) groups is 2. The number of aromatic nitrogens is 3. The van der Waals surface area contributed by atoms with Crippen molar-refractivity contribution in [3.05, 3.63) is 65.4 Å². The Kier molecular flexibility index (Phi) is 6.61. The van der Waals surface area contributed by atoms with E-state index in [2.05, 4.69) is 15.5 Å². The van der Waals surface area contributed by atoms with Gasteiger partial charge >= 0.3 is 0 Å². The molecule has 2 fully saturated rings. The number of aryl methyl sites for hydroxylation is 1. The highest BCUT2D eigenvalue weighted by Gasteiger charge is 2.47. The molecule has 5 rings (SSSR count). The summed E-state index contributed by atoms with van der Waals surface area (Å²) < 4.78 is 1.85. The molecule has 7 nitrogen and oxygen atoms in total. The summed E-state index contributed by atoms with van der Waals surface area (Å²) in [6.07, 6.45) is 6.59. The van der Waals surface area contributed by atoms with Crippen molar-refractivity contribution < 1.29 is 9.59 Å². The van der Waals surface area contributed by atoms with E-state index in [0.29, 0.717) is 28.6 Å². The molecule has 3 aromatic rings. The van der Waals surface area contributed by atoms with Gasteiger partial charge in [0.1, 0.15) is 12.4 Å². The van der Waals surface area contributed by atoms with Crippen molar-refractivity contribution in [3.8, 4) is 0 Å². The van der Waals surface area contributed by atoms with Crippen LogP contribution in [0.5, 0.6) is 0 Å². The van der Waals surface area contributed by atoms with Crippen LogP contribution in [0.2, 0.25) is 5.02 Å². The van der Waals surface area contributed by atoms with Gasteiger partial charge in [0.05, 0.1) is 0 Å². The van der Waals surface area contributed by atoms with Crippen LogP contribution in [0.25, 0.3) is 0 Å². The lowest BCUT2D eigenvalue weighted by molar-refractivity contribution is -0.120. The number of halogens is 1. The number of nitrogens with zero attached hydrogens (tertiary/aromatic N) is 4. The number of hydrogen-bond donors (Lipinski definition) is 1. The lowest BCUT2D eigenvalue weighted by Crippen LogP contribution is -2.47. The van der Waals surface area contributed by atoms with E-state index in [9.17, 15) is 9.59 Å². The van der Waals surface area contributed by atoms with Gasteiger partial charge in [0, 0.05) is 34.3 Å². The molecular formula is C25H26ClN5O2S. The highest BCUT2D eigenvalue weighted by atomic mass is 35.5. The molecule has 1 aliphatic carbocycles. The molecule has 1 aromatic heterocycles. The Hall–Kier alpha value is -2.84. The van der Waals surface area contributed by atoms with Gasteiger partial charge in [-0.2, -0.15) is 0 Å². The van der Waals surface area contributed by atoms with Crippen LogP contribution < -0.4 is 5.32 Å². The molecule has 34 heavy (non-hydrogen) atoms. The van der Waals surface area contributed by atoms with Crippen molar-refractivity contribution in [2.24, 2.45) is 13.0 Å². The molecule has 1 saturated heterocycles. The summed E-state index contributed by atoms with van der Waals surface area (Å²) in [5.74, 6) is 0.101. The zero-order chi connectivity index (χ0) is 23.7. The standard InChI is InChI=1S/C25H26ClN5O2S/c1-30-15-27-29-25(30)34-20-11-9-19(10-12-20)28-23(32)22-14-16-5-2-3-8-21(16)31(22)24(33)17-6-4-7-18(26)13-17/h4,6-7,9-13,15-16,21-22H,2-3,5,8,14H2,1H3,(H,28,32). The third-order valence-corrected chi connectivity index (χ3v) is 7.99. The number of carbonyl (C=O) groups excluding carboxylic acids is 2. The fourth-order valence-corrected chi connectivity index (χ4v) is 6.01. The van der Waals surface area contributed by atoms with Crippen LogP contribution in [0.15, 0.2) is 64.9 Å². The van der Waals surface area contributed by atoms with Gasteiger partial charge in [0.2, 0.25) is 5.91 Å². The molecule has 0 radical (unpaired) electrons. The Labute approximate surface area is 207 Å². The third-order valence-electron chi connectivity index (χ3n) is 6.70. The summed E-state index contributed by atoms with van der Waals surface area (Å²) in [7, 11) is 1.90. The van der Waals surface area contributed by atoms with Crippen LogP contribution in [-0.2, 0) is 11.8 Å². The van der Waals surface area contributed by atoms with E-state index in [-0.39, 0.29) is 17.9 Å². The van der Waals surface area contributed by atoms with Gasteiger partial charge in [-0.05, 0) is 79.4 Å². The quantitative estimate of drug-likeness (QED) is 0.537. The maximum absolute atomic E-state index is 13.5. The van der Waals surface area contributed by atoms with E-state index in [4.69, 9.17) is 11.6 Å². The number of nitrogens with one attached hydrogen (secondary N) is 1. The molecule has 3 atom stereocenters. The van der Waals surface area contributed by atoms with Crippen LogP contribution in [0.1, 0.15) is 42.5 Å². The summed E-state index contributed by atoms with van der Waals surface area (Å²) >= 11 is 7.65. The smallest absolute Gasteiger partial charge is 0.254 e. The van der Waals surface area contributed by atoms with Crippen LogP contribution in [0.3, 0.4) is 0 Å². The normalized spacial score (nSPS) is 21.8. The number of benzene rings is 2.